The zero-order chi connectivity index (χ0) is 34.4. The highest BCUT2D eigenvalue weighted by atomic mass is 32.1. The molecular weight excluding hydrogens is 629 g/mol. The third-order valence-corrected chi connectivity index (χ3v) is 12.5. The van der Waals surface area contributed by atoms with Crippen molar-refractivity contribution in [2.24, 2.45) is 0 Å². The molecule has 1 fully saturated rings. The molecule has 9 rings (SSSR count). The van der Waals surface area contributed by atoms with Crippen LogP contribution in [0, 0.1) is 0 Å². The molecule has 0 atom stereocenters. The molecule has 1 aliphatic heterocycles. The van der Waals surface area contributed by atoms with Gasteiger partial charge in [-0.25, -0.2) is 0 Å². The summed E-state index contributed by atoms with van der Waals surface area (Å²) in [6, 6.07) is 48.9. The van der Waals surface area contributed by atoms with Gasteiger partial charge in [0.2, 0.25) is 0 Å². The highest BCUT2D eigenvalue weighted by Crippen LogP contribution is 2.51. The highest BCUT2D eigenvalue weighted by Gasteiger charge is 2.51. The Morgan fingerprint density at radius 3 is 2.00 bits per heavy atom. The highest BCUT2D eigenvalue weighted by molar-refractivity contribution is 7.26. The lowest BCUT2D eigenvalue weighted by atomic mass is 9.78. The van der Waals surface area contributed by atoms with Gasteiger partial charge in [-0.05, 0) is 103 Å². The first kappa shape index (κ1) is 31.3. The number of rotatable bonds is 5. The molecule has 246 valence electrons. The Morgan fingerprint density at radius 2 is 1.20 bits per heavy atom. The fourth-order valence-corrected chi connectivity index (χ4v) is 9.08. The van der Waals surface area contributed by atoms with Crippen molar-refractivity contribution in [2.45, 2.75) is 58.2 Å². The number of hydrogen-bond donors (Lipinski definition) is 0. The van der Waals surface area contributed by atoms with Gasteiger partial charge in [0.05, 0.1) is 11.2 Å². The van der Waals surface area contributed by atoms with Gasteiger partial charge in [0.15, 0.2) is 0 Å². The van der Waals surface area contributed by atoms with Gasteiger partial charge < -0.3 is 14.2 Å². The summed E-state index contributed by atoms with van der Waals surface area (Å²) in [7, 11) is -0.430. The first-order valence-electron chi connectivity index (χ1n) is 17.5. The fourth-order valence-electron chi connectivity index (χ4n) is 7.86. The minimum atomic E-state index is -0.430. The van der Waals surface area contributed by atoms with Gasteiger partial charge in [0.1, 0.15) is 0 Å². The second kappa shape index (κ2) is 11.2. The van der Waals surface area contributed by atoms with Crippen LogP contribution in [0.5, 0.6) is 0 Å². The van der Waals surface area contributed by atoms with E-state index in [1.54, 1.807) is 0 Å². The van der Waals surface area contributed by atoms with E-state index in [-0.39, 0.29) is 5.41 Å². The van der Waals surface area contributed by atoms with E-state index < -0.39 is 18.3 Å². The van der Waals surface area contributed by atoms with E-state index >= 15 is 0 Å². The lowest BCUT2D eigenvalue weighted by Gasteiger charge is -2.32. The molecule has 3 nitrogen and oxygen atoms in total. The van der Waals surface area contributed by atoms with E-state index in [9.17, 15) is 0 Å². The lowest BCUT2D eigenvalue weighted by molar-refractivity contribution is 0.00578. The molecule has 0 amide bonds. The standard InChI is InChI=1S/C45H40BNO2S/c1-43(2)39-21-12-10-19-34(39)37-26-32(23-24-40(37)43)47(31-17-8-7-9-18-31)33-27-36(42-38(28-33)35-20-11-13-22-41(35)50-42)29-15-14-16-30(25-29)46-48-44(3,4)45(5,6)49-46/h7-28H,1-6H3. The Hall–Kier alpha value is -4.68. The molecule has 2 heterocycles. The molecule has 0 N–H and O–H groups in total. The summed E-state index contributed by atoms with van der Waals surface area (Å²) in [6.45, 7) is 13.1. The maximum absolute atomic E-state index is 6.50. The van der Waals surface area contributed by atoms with Gasteiger partial charge in [-0.3, -0.25) is 0 Å². The third-order valence-electron chi connectivity index (χ3n) is 11.3. The van der Waals surface area contributed by atoms with E-state index in [1.165, 1.54) is 48.0 Å². The molecule has 50 heavy (non-hydrogen) atoms. The van der Waals surface area contributed by atoms with Crippen molar-refractivity contribution < 1.29 is 9.31 Å². The number of para-hydroxylation sites is 1. The summed E-state index contributed by atoms with van der Waals surface area (Å²) in [5.41, 5.74) is 11.3. The Morgan fingerprint density at radius 1 is 0.520 bits per heavy atom. The molecule has 5 heteroatoms. The summed E-state index contributed by atoms with van der Waals surface area (Å²) in [5, 5.41) is 2.53. The predicted molar refractivity (Wildman–Crippen MR) is 213 cm³/mol. The monoisotopic (exact) mass is 669 g/mol. The van der Waals surface area contributed by atoms with Crippen molar-refractivity contribution in [3.8, 4) is 22.3 Å². The van der Waals surface area contributed by atoms with Crippen LogP contribution in [0.3, 0.4) is 0 Å². The summed E-state index contributed by atoms with van der Waals surface area (Å²) in [5.74, 6) is 0. The van der Waals surface area contributed by atoms with E-state index in [4.69, 9.17) is 9.31 Å². The maximum atomic E-state index is 6.50. The molecule has 0 radical (unpaired) electrons. The zero-order valence-electron chi connectivity index (χ0n) is 29.5. The molecular formula is C45H40BNO2S. The van der Waals surface area contributed by atoms with Crippen LogP contribution in [0.4, 0.5) is 17.1 Å². The Bertz CT molecular complexity index is 2430. The van der Waals surface area contributed by atoms with Gasteiger partial charge in [0, 0.05) is 48.2 Å². The second-order valence-electron chi connectivity index (χ2n) is 15.3. The van der Waals surface area contributed by atoms with Crippen LogP contribution in [0.25, 0.3) is 42.4 Å². The van der Waals surface area contributed by atoms with Crippen LogP contribution in [-0.4, -0.2) is 18.3 Å². The number of thiophene rings is 1. The molecule has 1 saturated heterocycles. The summed E-state index contributed by atoms with van der Waals surface area (Å²) >= 11 is 1.86. The third kappa shape index (κ3) is 4.79. The van der Waals surface area contributed by atoms with Crippen molar-refractivity contribution in [3.63, 3.8) is 0 Å². The molecule has 1 aliphatic carbocycles. The normalized spacial score (nSPS) is 16.9. The number of fused-ring (bicyclic) bond motifs is 6. The van der Waals surface area contributed by atoms with Crippen LogP contribution < -0.4 is 10.4 Å². The number of hydrogen-bond acceptors (Lipinski definition) is 4. The van der Waals surface area contributed by atoms with Crippen molar-refractivity contribution in [1.82, 2.24) is 0 Å². The van der Waals surface area contributed by atoms with Gasteiger partial charge in [0.25, 0.3) is 0 Å². The minimum absolute atomic E-state index is 0.0497. The Labute approximate surface area is 299 Å². The molecule has 2 aliphatic rings. The maximum Gasteiger partial charge on any atom is 0.494 e. The van der Waals surface area contributed by atoms with Crippen molar-refractivity contribution in [3.05, 3.63) is 145 Å². The molecule has 1 aromatic heterocycles. The second-order valence-corrected chi connectivity index (χ2v) is 16.3. The molecule has 0 unspecified atom stereocenters. The smallest absolute Gasteiger partial charge is 0.399 e. The van der Waals surface area contributed by atoms with Crippen LogP contribution in [-0.2, 0) is 14.7 Å². The van der Waals surface area contributed by atoms with Gasteiger partial charge in [-0.15, -0.1) is 11.3 Å². The lowest BCUT2D eigenvalue weighted by Crippen LogP contribution is -2.41. The predicted octanol–water partition coefficient (Wildman–Crippen LogP) is 11.8. The van der Waals surface area contributed by atoms with E-state index in [0.29, 0.717) is 0 Å². The van der Waals surface area contributed by atoms with Crippen LogP contribution >= 0.6 is 11.3 Å². The number of nitrogens with zero attached hydrogens (tertiary/aromatic N) is 1. The first-order chi connectivity index (χ1) is 24.0. The molecule has 6 aromatic carbocycles. The molecule has 0 saturated carbocycles. The van der Waals surface area contributed by atoms with E-state index in [1.807, 2.05) is 11.3 Å². The van der Waals surface area contributed by atoms with Crippen molar-refractivity contribution >= 4 is 61.2 Å². The van der Waals surface area contributed by atoms with Crippen LogP contribution in [0.2, 0.25) is 0 Å². The van der Waals surface area contributed by atoms with Crippen LogP contribution in [0.15, 0.2) is 133 Å². The topological polar surface area (TPSA) is 21.7 Å². The van der Waals surface area contributed by atoms with Gasteiger partial charge >= 0.3 is 7.12 Å². The van der Waals surface area contributed by atoms with Gasteiger partial charge in [-0.2, -0.15) is 0 Å². The summed E-state index contributed by atoms with van der Waals surface area (Å²) < 4.78 is 15.6. The minimum Gasteiger partial charge on any atom is -0.399 e. The zero-order valence-corrected chi connectivity index (χ0v) is 30.3. The SMILES string of the molecule is CC1(C)c2ccccc2-c2cc(N(c3ccccc3)c3cc(-c4cccc(B5OC(C)(C)C(C)(C)O5)c4)c4sc5ccccc5c4c3)ccc21. The fraction of sp³-hybridized carbons (Fsp3) is 0.200. The average Bonchev–Trinajstić information content (AvgIpc) is 3.68. The number of benzene rings is 6. The van der Waals surface area contributed by atoms with Crippen molar-refractivity contribution in [1.29, 1.82) is 0 Å². The first-order valence-corrected chi connectivity index (χ1v) is 18.3. The Balaban J connectivity index is 1.26. The average molecular weight is 670 g/mol. The van der Waals surface area contributed by atoms with E-state index in [0.717, 1.165) is 28.1 Å². The Kier molecular flexibility index (Phi) is 6.99. The number of anilines is 3. The molecule has 7 aromatic rings. The van der Waals surface area contributed by atoms with Gasteiger partial charge in [-0.1, -0.05) is 105 Å². The summed E-state index contributed by atoms with van der Waals surface area (Å²) in [6.07, 6.45) is 0. The van der Waals surface area contributed by atoms with E-state index in [2.05, 4.69) is 180 Å². The van der Waals surface area contributed by atoms with Crippen LogP contribution in [0.1, 0.15) is 52.7 Å². The van der Waals surface area contributed by atoms with Crippen molar-refractivity contribution in [2.75, 3.05) is 4.90 Å². The summed E-state index contributed by atoms with van der Waals surface area (Å²) in [4.78, 5) is 2.42. The quantitative estimate of drug-likeness (QED) is 0.170. The molecule has 0 bridgehead atoms. The largest absolute Gasteiger partial charge is 0.494 e. The molecule has 0 spiro atoms.